The number of para-hydroxylation sites is 2. The smallest absolute Gasteiger partial charge is 0.100 e. The summed E-state index contributed by atoms with van der Waals surface area (Å²) in [4.78, 5) is 4.49. The van der Waals surface area contributed by atoms with Crippen LogP contribution in [0.2, 0.25) is 0 Å². The Balaban J connectivity index is 1.97. The molecule has 0 saturated carbocycles. The minimum absolute atomic E-state index is 1.05. The number of benzene rings is 2. The largest absolute Gasteiger partial charge is 0.385 e. The molecular weight excluding hydrogens is 234 g/mol. The van der Waals surface area contributed by atoms with Crippen LogP contribution in [0.4, 0.5) is 5.69 Å². The second-order valence-corrected chi connectivity index (χ2v) is 4.94. The Bertz CT molecular complexity index is 743. The van der Waals surface area contributed by atoms with Gasteiger partial charge in [0.25, 0.3) is 0 Å². The summed E-state index contributed by atoms with van der Waals surface area (Å²) < 4.78 is 2.20. The molecule has 0 spiro atoms. The van der Waals surface area contributed by atoms with Crippen molar-refractivity contribution < 1.29 is 0 Å². The highest BCUT2D eigenvalue weighted by Gasteiger charge is 2.14. The fourth-order valence-corrected chi connectivity index (χ4v) is 2.87. The summed E-state index contributed by atoms with van der Waals surface area (Å²) in [5, 5.41) is 3.48. The van der Waals surface area contributed by atoms with Crippen molar-refractivity contribution in [2.75, 3.05) is 11.9 Å². The Morgan fingerprint density at radius 3 is 3.00 bits per heavy atom. The van der Waals surface area contributed by atoms with Gasteiger partial charge in [-0.05, 0) is 42.7 Å². The Hall–Kier alpha value is -2.29. The molecule has 0 fully saturated rings. The first kappa shape index (κ1) is 10.6. The summed E-state index contributed by atoms with van der Waals surface area (Å²) in [5.74, 6) is 0. The minimum Gasteiger partial charge on any atom is -0.385 e. The molecule has 2 heterocycles. The quantitative estimate of drug-likeness (QED) is 0.716. The van der Waals surface area contributed by atoms with Crippen molar-refractivity contribution in [2.45, 2.75) is 12.8 Å². The van der Waals surface area contributed by atoms with Crippen LogP contribution in [0.15, 0.2) is 48.8 Å². The molecule has 3 heteroatoms. The predicted molar refractivity (Wildman–Crippen MR) is 77.9 cm³/mol. The molecule has 2 aromatic carbocycles. The highest BCUT2D eigenvalue weighted by Crippen LogP contribution is 2.29. The van der Waals surface area contributed by atoms with E-state index in [1.54, 1.807) is 0 Å². The van der Waals surface area contributed by atoms with Gasteiger partial charge in [-0.25, -0.2) is 4.98 Å². The SMILES string of the molecule is c1cc2c(c(-n3cnc4ccccc43)c1)CCCN2. The lowest BCUT2D eigenvalue weighted by Gasteiger charge is -2.21. The average Bonchev–Trinajstić information content (AvgIpc) is 2.90. The lowest BCUT2D eigenvalue weighted by Crippen LogP contribution is -2.13. The van der Waals surface area contributed by atoms with Gasteiger partial charge < -0.3 is 5.32 Å². The molecule has 94 valence electrons. The molecule has 1 aliphatic heterocycles. The first-order chi connectivity index (χ1) is 9.43. The van der Waals surface area contributed by atoms with Crippen LogP contribution < -0.4 is 5.32 Å². The summed E-state index contributed by atoms with van der Waals surface area (Å²) >= 11 is 0. The van der Waals surface area contributed by atoms with Crippen LogP contribution in [0, 0.1) is 0 Å². The summed E-state index contributed by atoms with van der Waals surface area (Å²) in [6.07, 6.45) is 4.25. The number of fused-ring (bicyclic) bond motifs is 2. The number of hydrogen-bond acceptors (Lipinski definition) is 2. The van der Waals surface area contributed by atoms with E-state index in [1.165, 1.54) is 28.9 Å². The highest BCUT2D eigenvalue weighted by molar-refractivity contribution is 5.78. The highest BCUT2D eigenvalue weighted by atomic mass is 15.1. The second kappa shape index (κ2) is 4.12. The molecule has 0 amide bonds. The van der Waals surface area contributed by atoms with Gasteiger partial charge in [-0.3, -0.25) is 4.57 Å². The molecular formula is C16H15N3. The number of anilines is 1. The number of aromatic nitrogens is 2. The summed E-state index contributed by atoms with van der Waals surface area (Å²) in [6, 6.07) is 14.7. The lowest BCUT2D eigenvalue weighted by atomic mass is 10.0. The van der Waals surface area contributed by atoms with Crippen molar-refractivity contribution in [3.8, 4) is 5.69 Å². The van der Waals surface area contributed by atoms with Crippen LogP contribution in [-0.4, -0.2) is 16.1 Å². The van der Waals surface area contributed by atoms with E-state index in [2.05, 4.69) is 51.3 Å². The second-order valence-electron chi connectivity index (χ2n) is 4.94. The monoisotopic (exact) mass is 249 g/mol. The maximum Gasteiger partial charge on any atom is 0.100 e. The normalized spacial score (nSPS) is 14.1. The molecule has 0 atom stereocenters. The maximum atomic E-state index is 4.49. The van der Waals surface area contributed by atoms with Gasteiger partial charge >= 0.3 is 0 Å². The van der Waals surface area contributed by atoms with E-state index in [4.69, 9.17) is 0 Å². The van der Waals surface area contributed by atoms with Gasteiger partial charge in [0.05, 0.1) is 16.7 Å². The Kier molecular flexibility index (Phi) is 2.30. The van der Waals surface area contributed by atoms with Crippen molar-refractivity contribution in [1.29, 1.82) is 0 Å². The maximum absolute atomic E-state index is 4.49. The Morgan fingerprint density at radius 1 is 1.05 bits per heavy atom. The number of hydrogen-bond donors (Lipinski definition) is 1. The average molecular weight is 249 g/mol. The third kappa shape index (κ3) is 1.62. The van der Waals surface area contributed by atoms with E-state index in [1.807, 2.05) is 12.4 Å². The third-order valence-electron chi connectivity index (χ3n) is 3.78. The molecule has 4 rings (SSSR count). The van der Waals surface area contributed by atoms with Crippen LogP contribution >= 0.6 is 0 Å². The van der Waals surface area contributed by atoms with Gasteiger partial charge in [-0.15, -0.1) is 0 Å². The molecule has 3 nitrogen and oxygen atoms in total. The van der Waals surface area contributed by atoms with E-state index < -0.39 is 0 Å². The number of nitrogens with one attached hydrogen (secondary N) is 1. The number of imidazole rings is 1. The summed E-state index contributed by atoms with van der Waals surface area (Å²) in [7, 11) is 0. The lowest BCUT2D eigenvalue weighted by molar-refractivity contribution is 0.820. The van der Waals surface area contributed by atoms with E-state index in [9.17, 15) is 0 Å². The van der Waals surface area contributed by atoms with Gasteiger partial charge in [0.2, 0.25) is 0 Å². The zero-order valence-electron chi connectivity index (χ0n) is 10.6. The zero-order valence-corrected chi connectivity index (χ0v) is 10.6. The number of rotatable bonds is 1. The predicted octanol–water partition coefficient (Wildman–Crippen LogP) is 3.38. The molecule has 19 heavy (non-hydrogen) atoms. The molecule has 1 N–H and O–H groups in total. The van der Waals surface area contributed by atoms with E-state index >= 15 is 0 Å². The van der Waals surface area contributed by atoms with Gasteiger partial charge in [0.1, 0.15) is 6.33 Å². The van der Waals surface area contributed by atoms with Crippen LogP contribution in [0.1, 0.15) is 12.0 Å². The van der Waals surface area contributed by atoms with Gasteiger partial charge in [0.15, 0.2) is 0 Å². The molecule has 0 saturated heterocycles. The van der Waals surface area contributed by atoms with Crippen molar-refractivity contribution in [3.05, 3.63) is 54.4 Å². The Labute approximate surface area is 111 Å². The molecule has 0 aliphatic carbocycles. The van der Waals surface area contributed by atoms with E-state index in [0.717, 1.165) is 18.5 Å². The Morgan fingerprint density at radius 2 is 2.00 bits per heavy atom. The zero-order chi connectivity index (χ0) is 12.7. The molecule has 0 radical (unpaired) electrons. The first-order valence-corrected chi connectivity index (χ1v) is 6.72. The van der Waals surface area contributed by atoms with Crippen LogP contribution in [0.25, 0.3) is 16.7 Å². The molecule has 1 aromatic heterocycles. The fourth-order valence-electron chi connectivity index (χ4n) is 2.87. The number of nitrogens with zero attached hydrogens (tertiary/aromatic N) is 2. The van der Waals surface area contributed by atoms with Crippen molar-refractivity contribution in [3.63, 3.8) is 0 Å². The molecule has 0 bridgehead atoms. The van der Waals surface area contributed by atoms with Crippen molar-refractivity contribution >= 4 is 16.7 Å². The van der Waals surface area contributed by atoms with E-state index in [-0.39, 0.29) is 0 Å². The molecule has 3 aromatic rings. The van der Waals surface area contributed by atoms with E-state index in [0.29, 0.717) is 0 Å². The first-order valence-electron chi connectivity index (χ1n) is 6.72. The standard InChI is InChI=1S/C16H15N3/c1-2-8-16-14(6-1)18-11-19(16)15-9-3-7-13-12(15)5-4-10-17-13/h1-3,6-9,11,17H,4-5,10H2. The molecule has 1 aliphatic rings. The van der Waals surface area contributed by atoms with Crippen molar-refractivity contribution in [2.24, 2.45) is 0 Å². The third-order valence-corrected chi connectivity index (χ3v) is 3.78. The topological polar surface area (TPSA) is 29.9 Å². The molecule has 0 unspecified atom stereocenters. The van der Waals surface area contributed by atoms with Gasteiger partial charge in [0, 0.05) is 12.2 Å². The minimum atomic E-state index is 1.05. The van der Waals surface area contributed by atoms with Gasteiger partial charge in [-0.1, -0.05) is 18.2 Å². The van der Waals surface area contributed by atoms with Crippen molar-refractivity contribution in [1.82, 2.24) is 9.55 Å². The summed E-state index contributed by atoms with van der Waals surface area (Å²) in [5.41, 5.74) is 6.13. The van der Waals surface area contributed by atoms with Crippen LogP contribution in [-0.2, 0) is 6.42 Å². The summed E-state index contributed by atoms with van der Waals surface area (Å²) in [6.45, 7) is 1.07. The van der Waals surface area contributed by atoms with Crippen LogP contribution in [0.5, 0.6) is 0 Å². The fraction of sp³-hybridized carbons (Fsp3) is 0.188. The van der Waals surface area contributed by atoms with Gasteiger partial charge in [-0.2, -0.15) is 0 Å². The van der Waals surface area contributed by atoms with Crippen LogP contribution in [0.3, 0.4) is 0 Å².